The van der Waals surface area contributed by atoms with Crippen LogP contribution < -0.4 is 5.32 Å². The third-order valence-corrected chi connectivity index (χ3v) is 1.81. The van der Waals surface area contributed by atoms with Crippen LogP contribution in [0.15, 0.2) is 29.4 Å². The molecule has 0 bridgehead atoms. The van der Waals surface area contributed by atoms with Crippen molar-refractivity contribution in [1.82, 2.24) is 5.32 Å². The smallest absolute Gasteiger partial charge is 0.273 e. The lowest BCUT2D eigenvalue weighted by Crippen LogP contribution is -2.28. The van der Waals surface area contributed by atoms with Gasteiger partial charge in [-0.1, -0.05) is 17.3 Å². The summed E-state index contributed by atoms with van der Waals surface area (Å²) in [7, 11) is 1.40. The van der Waals surface area contributed by atoms with Gasteiger partial charge >= 0.3 is 0 Å². The predicted octanol–water partition coefficient (Wildman–Crippen LogP) is 0.786. The van der Waals surface area contributed by atoms with Gasteiger partial charge in [0.25, 0.3) is 12.8 Å². The summed E-state index contributed by atoms with van der Waals surface area (Å²) in [5, 5.41) is 15.1. The number of halogens is 1. The number of amides is 1. The van der Waals surface area contributed by atoms with E-state index in [0.29, 0.717) is 0 Å². The number of phenols is 1. The Morgan fingerprint density at radius 3 is 2.81 bits per heavy atom. The summed E-state index contributed by atoms with van der Waals surface area (Å²) in [6, 6.07) is 6.08. The molecule has 16 heavy (non-hydrogen) atoms. The molecule has 0 aliphatic rings. The lowest BCUT2D eigenvalue weighted by molar-refractivity contribution is -0.114. The number of benzene rings is 1. The average Bonchev–Trinajstić information content (AvgIpc) is 2.31. The van der Waals surface area contributed by atoms with Crippen LogP contribution in [0.5, 0.6) is 5.75 Å². The second-order valence-corrected chi connectivity index (χ2v) is 2.77. The quantitative estimate of drug-likeness (QED) is 0.589. The number of phenolic OH excluding ortho intramolecular Hbond substituents is 1. The average molecular weight is 226 g/mol. The van der Waals surface area contributed by atoms with Gasteiger partial charge in [0, 0.05) is 7.05 Å². The molecular formula is C10H11FN2O3. The third-order valence-electron chi connectivity index (χ3n) is 1.81. The predicted molar refractivity (Wildman–Crippen MR) is 55.8 cm³/mol. The molecule has 2 N–H and O–H groups in total. The first-order valence-electron chi connectivity index (χ1n) is 4.47. The molecule has 1 amide bonds. The molecule has 0 unspecified atom stereocenters. The molecule has 0 heterocycles. The number of aromatic hydroxyl groups is 1. The number of nitrogens with zero attached hydrogens (tertiary/aromatic N) is 1. The molecule has 0 saturated carbocycles. The van der Waals surface area contributed by atoms with Crippen LogP contribution in [-0.2, 0) is 9.63 Å². The Labute approximate surface area is 91.5 Å². The lowest BCUT2D eigenvalue weighted by Gasteiger charge is -2.06. The second-order valence-electron chi connectivity index (χ2n) is 2.77. The number of alkyl halides is 1. The molecule has 0 radical (unpaired) electrons. The second kappa shape index (κ2) is 5.69. The van der Waals surface area contributed by atoms with Gasteiger partial charge < -0.3 is 15.3 Å². The molecule has 1 aromatic carbocycles. The largest absolute Gasteiger partial charge is 0.507 e. The summed E-state index contributed by atoms with van der Waals surface area (Å²) in [6.07, 6.45) is 0. The number of carbonyl (C=O) groups is 1. The molecule has 0 saturated heterocycles. The van der Waals surface area contributed by atoms with Crippen LogP contribution in [0.1, 0.15) is 5.56 Å². The molecule has 1 aromatic rings. The summed E-state index contributed by atoms with van der Waals surface area (Å²) in [5.41, 5.74) is -0.00597. The van der Waals surface area contributed by atoms with E-state index in [1.807, 2.05) is 0 Å². The number of likely N-dealkylation sites (N-methyl/N-ethyl adjacent to an activating group) is 1. The Morgan fingerprint density at radius 2 is 2.25 bits per heavy atom. The maximum atomic E-state index is 11.8. The van der Waals surface area contributed by atoms with E-state index in [1.165, 1.54) is 19.2 Å². The highest BCUT2D eigenvalue weighted by Gasteiger charge is 2.16. The van der Waals surface area contributed by atoms with Crippen LogP contribution in [0.3, 0.4) is 0 Å². The van der Waals surface area contributed by atoms with Gasteiger partial charge in [-0.25, -0.2) is 4.39 Å². The molecular weight excluding hydrogens is 215 g/mol. The zero-order valence-corrected chi connectivity index (χ0v) is 8.61. The number of hydrogen-bond donors (Lipinski definition) is 2. The zero-order chi connectivity index (χ0) is 12.0. The van der Waals surface area contributed by atoms with Crippen molar-refractivity contribution in [2.75, 3.05) is 13.9 Å². The van der Waals surface area contributed by atoms with Crippen molar-refractivity contribution < 1.29 is 19.1 Å². The van der Waals surface area contributed by atoms with E-state index >= 15 is 0 Å². The number of nitrogens with one attached hydrogen (secondary N) is 1. The van der Waals surface area contributed by atoms with Crippen molar-refractivity contribution >= 4 is 11.6 Å². The van der Waals surface area contributed by atoms with Crippen molar-refractivity contribution in [2.45, 2.75) is 0 Å². The Bertz CT molecular complexity index is 407. The van der Waals surface area contributed by atoms with Crippen molar-refractivity contribution in [3.8, 4) is 5.75 Å². The topological polar surface area (TPSA) is 70.9 Å². The van der Waals surface area contributed by atoms with E-state index in [-0.39, 0.29) is 17.0 Å². The minimum Gasteiger partial charge on any atom is -0.507 e. The van der Waals surface area contributed by atoms with Crippen molar-refractivity contribution in [3.05, 3.63) is 29.8 Å². The summed E-state index contributed by atoms with van der Waals surface area (Å²) in [6.45, 7) is -1.14. The molecule has 1 rings (SSSR count). The van der Waals surface area contributed by atoms with E-state index in [0.717, 1.165) is 0 Å². The first-order chi connectivity index (χ1) is 7.70. The lowest BCUT2D eigenvalue weighted by atomic mass is 10.1. The van der Waals surface area contributed by atoms with Crippen LogP contribution in [-0.4, -0.2) is 30.6 Å². The molecule has 6 heteroatoms. The molecule has 0 atom stereocenters. The monoisotopic (exact) mass is 226 g/mol. The molecule has 0 aliphatic carbocycles. The Kier molecular flexibility index (Phi) is 4.26. The fraction of sp³-hybridized carbons (Fsp3) is 0.200. The van der Waals surface area contributed by atoms with Gasteiger partial charge in [-0.2, -0.15) is 0 Å². The summed E-state index contributed by atoms with van der Waals surface area (Å²) >= 11 is 0. The molecule has 0 aliphatic heterocycles. The van der Waals surface area contributed by atoms with E-state index in [2.05, 4.69) is 15.3 Å². The van der Waals surface area contributed by atoms with Gasteiger partial charge in [0.2, 0.25) is 0 Å². The van der Waals surface area contributed by atoms with Gasteiger partial charge in [0.1, 0.15) is 5.75 Å². The van der Waals surface area contributed by atoms with Crippen LogP contribution in [0.2, 0.25) is 0 Å². The maximum absolute atomic E-state index is 11.8. The molecule has 5 nitrogen and oxygen atoms in total. The molecule has 0 spiro atoms. The first-order valence-corrected chi connectivity index (χ1v) is 4.47. The number of para-hydroxylation sites is 1. The molecule has 86 valence electrons. The first kappa shape index (κ1) is 12.0. The van der Waals surface area contributed by atoms with E-state index in [4.69, 9.17) is 0 Å². The summed E-state index contributed by atoms with van der Waals surface area (Å²) < 4.78 is 11.8. The molecule has 0 aromatic heterocycles. The van der Waals surface area contributed by atoms with Gasteiger partial charge in [-0.05, 0) is 12.1 Å². The minimum absolute atomic E-state index is 0.132. The van der Waals surface area contributed by atoms with Crippen LogP contribution >= 0.6 is 0 Å². The maximum Gasteiger partial charge on any atom is 0.273 e. The Morgan fingerprint density at radius 1 is 1.56 bits per heavy atom. The van der Waals surface area contributed by atoms with Gasteiger partial charge in [-0.3, -0.25) is 4.79 Å². The summed E-state index contributed by atoms with van der Waals surface area (Å²) in [5.74, 6) is -0.706. The van der Waals surface area contributed by atoms with Crippen molar-refractivity contribution in [3.63, 3.8) is 0 Å². The summed E-state index contributed by atoms with van der Waals surface area (Å²) in [4.78, 5) is 15.6. The molecule has 0 fully saturated rings. The minimum atomic E-state index is -1.14. The normalized spacial score (nSPS) is 11.0. The number of carbonyl (C=O) groups excluding carboxylic acids is 1. The van der Waals surface area contributed by atoms with Crippen LogP contribution in [0.25, 0.3) is 0 Å². The van der Waals surface area contributed by atoms with Crippen LogP contribution in [0.4, 0.5) is 4.39 Å². The number of hydrogen-bond acceptors (Lipinski definition) is 4. The Balaban J connectivity index is 3.11. The van der Waals surface area contributed by atoms with Crippen molar-refractivity contribution in [2.24, 2.45) is 5.16 Å². The highest BCUT2D eigenvalue weighted by atomic mass is 19.1. The SMILES string of the molecule is CNC(=O)/C(=N\OCF)c1ccccc1O. The zero-order valence-electron chi connectivity index (χ0n) is 8.61. The standard InChI is InChI=1S/C10H11FN2O3/c1-12-10(15)9(13-16-6-11)7-4-2-3-5-8(7)14/h2-5,14H,6H2,1H3,(H,12,15)/b13-9-. The number of oxime groups is 1. The van der Waals surface area contributed by atoms with Gasteiger partial charge in [0.15, 0.2) is 5.71 Å². The Hall–Kier alpha value is -2.11. The van der Waals surface area contributed by atoms with Crippen molar-refractivity contribution in [1.29, 1.82) is 0 Å². The van der Waals surface area contributed by atoms with Gasteiger partial charge in [-0.15, -0.1) is 0 Å². The van der Waals surface area contributed by atoms with E-state index < -0.39 is 12.8 Å². The fourth-order valence-corrected chi connectivity index (χ4v) is 1.09. The number of rotatable bonds is 4. The highest BCUT2D eigenvalue weighted by molar-refractivity contribution is 6.45. The van der Waals surface area contributed by atoms with Crippen LogP contribution in [0, 0.1) is 0 Å². The third kappa shape index (κ3) is 2.69. The van der Waals surface area contributed by atoms with Gasteiger partial charge in [0.05, 0.1) is 5.56 Å². The van der Waals surface area contributed by atoms with E-state index in [9.17, 15) is 14.3 Å². The fourth-order valence-electron chi connectivity index (χ4n) is 1.09. The van der Waals surface area contributed by atoms with E-state index in [1.54, 1.807) is 12.1 Å². The highest BCUT2D eigenvalue weighted by Crippen LogP contribution is 2.16.